The fraction of sp³-hybridized carbons (Fsp3) is 0.714. The van der Waals surface area contributed by atoms with Crippen molar-refractivity contribution in [1.29, 1.82) is 0 Å². The first-order valence-electron chi connectivity index (χ1n) is 7.43. The van der Waals surface area contributed by atoms with Crippen LogP contribution in [0.15, 0.2) is 12.3 Å². The maximum absolute atomic E-state index is 11.9. The summed E-state index contributed by atoms with van der Waals surface area (Å²) in [5, 5.41) is 10.6. The average molecular weight is 317 g/mol. The Balaban J connectivity index is 0.00000220. The van der Waals surface area contributed by atoms with Crippen LogP contribution in [-0.2, 0) is 4.74 Å². The van der Waals surface area contributed by atoms with Gasteiger partial charge in [-0.2, -0.15) is 5.10 Å². The van der Waals surface area contributed by atoms with Gasteiger partial charge in [-0.1, -0.05) is 0 Å². The summed E-state index contributed by atoms with van der Waals surface area (Å²) >= 11 is 0. The lowest BCUT2D eigenvalue weighted by molar-refractivity contribution is 0.0938. The maximum Gasteiger partial charge on any atom is 0.271 e. The number of carbonyl (C=O) groups excluding carboxylic acids is 1. The van der Waals surface area contributed by atoms with Crippen LogP contribution in [0.2, 0.25) is 0 Å². The van der Waals surface area contributed by atoms with Crippen molar-refractivity contribution in [1.82, 2.24) is 20.4 Å². The molecule has 0 spiro atoms. The van der Waals surface area contributed by atoms with E-state index in [-0.39, 0.29) is 18.3 Å². The van der Waals surface area contributed by atoms with Crippen LogP contribution in [0, 0.1) is 0 Å². The van der Waals surface area contributed by atoms with Crippen molar-refractivity contribution >= 4 is 18.3 Å². The molecule has 2 rings (SSSR count). The van der Waals surface area contributed by atoms with E-state index in [1.165, 1.54) is 0 Å². The van der Waals surface area contributed by atoms with Crippen LogP contribution in [0.25, 0.3) is 0 Å². The average Bonchev–Trinajstić information content (AvgIpc) is 2.98. The molecule has 1 aliphatic rings. The number of ether oxygens (including phenoxy) is 1. The molecule has 1 atom stereocenters. The van der Waals surface area contributed by atoms with Gasteiger partial charge in [-0.3, -0.25) is 9.48 Å². The van der Waals surface area contributed by atoms with Crippen LogP contribution in [0.4, 0.5) is 0 Å². The van der Waals surface area contributed by atoms with Gasteiger partial charge >= 0.3 is 0 Å². The number of hydrogen-bond donors (Lipinski definition) is 2. The number of hydrogen-bond acceptors (Lipinski definition) is 4. The van der Waals surface area contributed by atoms with Crippen molar-refractivity contribution in [3.63, 3.8) is 0 Å². The van der Waals surface area contributed by atoms with Gasteiger partial charge in [0.1, 0.15) is 5.69 Å². The standard InChI is InChI=1S/C14H24N4O2.ClH/c1-2-20-10-4-8-16-14(19)13-6-9-18(17-13)12-5-3-7-15-11-12;/h6,9,12,15H,2-5,7-8,10-11H2,1H3,(H,16,19);1H. The third-order valence-corrected chi connectivity index (χ3v) is 3.44. The molecule has 1 amide bonds. The van der Waals surface area contributed by atoms with Crippen LogP contribution < -0.4 is 10.6 Å². The van der Waals surface area contributed by atoms with E-state index in [0.29, 0.717) is 31.5 Å². The molecule has 1 aliphatic heterocycles. The van der Waals surface area contributed by atoms with Crippen LogP contribution in [0.5, 0.6) is 0 Å². The molecule has 1 fully saturated rings. The molecule has 6 nitrogen and oxygen atoms in total. The molecule has 0 saturated carbocycles. The molecule has 21 heavy (non-hydrogen) atoms. The summed E-state index contributed by atoms with van der Waals surface area (Å²) in [6, 6.07) is 2.15. The van der Waals surface area contributed by atoms with E-state index in [0.717, 1.165) is 32.4 Å². The van der Waals surface area contributed by atoms with Gasteiger partial charge in [0.2, 0.25) is 0 Å². The monoisotopic (exact) mass is 316 g/mol. The molecule has 0 radical (unpaired) electrons. The molecule has 0 aliphatic carbocycles. The second-order valence-corrected chi connectivity index (χ2v) is 4.99. The molecule has 2 N–H and O–H groups in total. The fourth-order valence-electron chi connectivity index (χ4n) is 2.33. The van der Waals surface area contributed by atoms with E-state index in [2.05, 4.69) is 15.7 Å². The highest BCUT2D eigenvalue weighted by Gasteiger charge is 2.17. The second-order valence-electron chi connectivity index (χ2n) is 4.99. The predicted molar refractivity (Wildman–Crippen MR) is 84.1 cm³/mol. The zero-order valence-corrected chi connectivity index (χ0v) is 13.3. The number of piperidine rings is 1. The van der Waals surface area contributed by atoms with E-state index in [1.54, 1.807) is 6.07 Å². The Bertz CT molecular complexity index is 419. The highest BCUT2D eigenvalue weighted by atomic mass is 35.5. The molecule has 0 aromatic carbocycles. The molecule has 7 heteroatoms. The first-order chi connectivity index (χ1) is 9.81. The van der Waals surface area contributed by atoms with Crippen molar-refractivity contribution < 1.29 is 9.53 Å². The lowest BCUT2D eigenvalue weighted by Gasteiger charge is -2.22. The quantitative estimate of drug-likeness (QED) is 0.746. The van der Waals surface area contributed by atoms with Crippen molar-refractivity contribution in [2.75, 3.05) is 32.8 Å². The number of halogens is 1. The summed E-state index contributed by atoms with van der Waals surface area (Å²) in [6.45, 7) is 5.98. The van der Waals surface area contributed by atoms with Gasteiger partial charge in [0.15, 0.2) is 0 Å². The Hall–Kier alpha value is -1.11. The smallest absolute Gasteiger partial charge is 0.271 e. The lowest BCUT2D eigenvalue weighted by atomic mass is 10.1. The summed E-state index contributed by atoms with van der Waals surface area (Å²) in [5.74, 6) is -0.107. The Kier molecular flexibility index (Phi) is 8.34. The van der Waals surface area contributed by atoms with Gasteiger partial charge in [0.05, 0.1) is 6.04 Å². The minimum absolute atomic E-state index is 0. The van der Waals surface area contributed by atoms with Crippen molar-refractivity contribution in [2.45, 2.75) is 32.2 Å². The topological polar surface area (TPSA) is 68.2 Å². The Morgan fingerprint density at radius 1 is 1.62 bits per heavy atom. The maximum atomic E-state index is 11.9. The van der Waals surface area contributed by atoms with E-state index in [4.69, 9.17) is 4.74 Å². The molecule has 120 valence electrons. The summed E-state index contributed by atoms with van der Waals surface area (Å²) in [5.41, 5.74) is 0.493. The van der Waals surface area contributed by atoms with Crippen molar-refractivity contribution in [3.8, 4) is 0 Å². The van der Waals surface area contributed by atoms with Crippen LogP contribution in [0.3, 0.4) is 0 Å². The minimum atomic E-state index is -0.107. The first kappa shape index (κ1) is 17.9. The SMILES string of the molecule is CCOCCCNC(=O)c1ccn(C2CCCNC2)n1.Cl. The van der Waals surface area contributed by atoms with Gasteiger partial charge in [-0.05, 0) is 38.8 Å². The highest BCUT2D eigenvalue weighted by molar-refractivity contribution is 5.92. The molecule has 2 heterocycles. The zero-order chi connectivity index (χ0) is 14.2. The molecule has 1 aromatic heterocycles. The first-order valence-corrected chi connectivity index (χ1v) is 7.43. The molecule has 1 saturated heterocycles. The number of carbonyl (C=O) groups is 1. The Morgan fingerprint density at radius 3 is 3.19 bits per heavy atom. The van der Waals surface area contributed by atoms with Crippen LogP contribution in [-0.4, -0.2) is 48.5 Å². The zero-order valence-electron chi connectivity index (χ0n) is 12.5. The number of nitrogens with one attached hydrogen (secondary N) is 2. The van der Waals surface area contributed by atoms with Gasteiger partial charge in [0.25, 0.3) is 5.91 Å². The molecule has 1 aromatic rings. The third kappa shape index (κ3) is 5.65. The largest absolute Gasteiger partial charge is 0.382 e. The van der Waals surface area contributed by atoms with E-state index >= 15 is 0 Å². The number of aromatic nitrogens is 2. The minimum Gasteiger partial charge on any atom is -0.382 e. The number of amides is 1. The van der Waals surface area contributed by atoms with E-state index in [9.17, 15) is 4.79 Å². The highest BCUT2D eigenvalue weighted by Crippen LogP contribution is 2.15. The predicted octanol–water partition coefficient (Wildman–Crippen LogP) is 1.39. The van der Waals surface area contributed by atoms with Crippen LogP contribution in [0.1, 0.15) is 42.7 Å². The molecule has 1 unspecified atom stereocenters. The summed E-state index contributed by atoms with van der Waals surface area (Å²) < 4.78 is 7.13. The van der Waals surface area contributed by atoms with Gasteiger partial charge in [-0.25, -0.2) is 0 Å². The third-order valence-electron chi connectivity index (χ3n) is 3.44. The molecule has 0 bridgehead atoms. The van der Waals surface area contributed by atoms with Crippen LogP contribution >= 0.6 is 12.4 Å². The Morgan fingerprint density at radius 2 is 2.48 bits per heavy atom. The normalized spacial score (nSPS) is 18.0. The van der Waals surface area contributed by atoms with Crippen molar-refractivity contribution in [3.05, 3.63) is 18.0 Å². The van der Waals surface area contributed by atoms with Gasteiger partial charge < -0.3 is 15.4 Å². The second kappa shape index (κ2) is 9.76. The summed E-state index contributed by atoms with van der Waals surface area (Å²) in [7, 11) is 0. The molecular formula is C14H25ClN4O2. The van der Waals surface area contributed by atoms with Gasteiger partial charge in [0, 0.05) is 32.5 Å². The van der Waals surface area contributed by atoms with Crippen molar-refractivity contribution in [2.24, 2.45) is 0 Å². The fourth-order valence-corrected chi connectivity index (χ4v) is 2.33. The summed E-state index contributed by atoms with van der Waals surface area (Å²) in [4.78, 5) is 11.9. The number of rotatable bonds is 7. The molecular weight excluding hydrogens is 292 g/mol. The lowest BCUT2D eigenvalue weighted by Crippen LogP contribution is -2.32. The van der Waals surface area contributed by atoms with E-state index in [1.807, 2.05) is 17.8 Å². The number of nitrogens with zero attached hydrogens (tertiary/aromatic N) is 2. The summed E-state index contributed by atoms with van der Waals surface area (Å²) in [6.07, 6.45) is 4.99. The Labute approximate surface area is 132 Å². The van der Waals surface area contributed by atoms with E-state index < -0.39 is 0 Å². The van der Waals surface area contributed by atoms with Gasteiger partial charge in [-0.15, -0.1) is 12.4 Å².